The largest absolute Gasteiger partial charge is 0.352 e. The maximum Gasteiger partial charge on any atom is 0.261 e. The molecule has 0 radical (unpaired) electrons. The molecule has 0 unspecified atom stereocenters. The highest BCUT2D eigenvalue weighted by Gasteiger charge is 2.15. The maximum atomic E-state index is 12.4. The lowest BCUT2D eigenvalue weighted by molar-refractivity contribution is 0.0952. The number of nitrogens with zero attached hydrogens (tertiary/aromatic N) is 2. The molecule has 3 aromatic rings. The number of carbonyl (C=O) groups excluding carboxylic acids is 1. The highest BCUT2D eigenvalue weighted by atomic mass is 32.2. The Morgan fingerprint density at radius 2 is 1.93 bits per heavy atom. The van der Waals surface area contributed by atoms with Crippen LogP contribution >= 0.6 is 0 Å². The SMILES string of the molecule is Cc1cc(C(=O)NCCCn2ccnc2)ccc1NS(=O)(=O)c1ccccc1. The van der Waals surface area contributed by atoms with Crippen LogP contribution in [0.2, 0.25) is 0 Å². The lowest BCUT2D eigenvalue weighted by atomic mass is 10.1. The van der Waals surface area contributed by atoms with Crippen LogP contribution in [0.15, 0.2) is 72.1 Å². The number of hydrogen-bond acceptors (Lipinski definition) is 4. The van der Waals surface area contributed by atoms with Gasteiger partial charge in [0, 0.05) is 31.0 Å². The minimum atomic E-state index is -3.67. The topological polar surface area (TPSA) is 93.1 Å². The molecule has 3 rings (SSSR count). The van der Waals surface area contributed by atoms with Gasteiger partial charge in [-0.1, -0.05) is 18.2 Å². The van der Waals surface area contributed by atoms with Gasteiger partial charge in [-0.25, -0.2) is 13.4 Å². The van der Waals surface area contributed by atoms with Gasteiger partial charge >= 0.3 is 0 Å². The molecule has 1 heterocycles. The molecule has 28 heavy (non-hydrogen) atoms. The van der Waals surface area contributed by atoms with Crippen molar-refractivity contribution in [2.75, 3.05) is 11.3 Å². The van der Waals surface area contributed by atoms with Crippen molar-refractivity contribution in [1.29, 1.82) is 0 Å². The van der Waals surface area contributed by atoms with Gasteiger partial charge in [0.15, 0.2) is 0 Å². The van der Waals surface area contributed by atoms with E-state index >= 15 is 0 Å². The average Bonchev–Trinajstić information content (AvgIpc) is 3.21. The summed E-state index contributed by atoms with van der Waals surface area (Å²) < 4.78 is 29.4. The Labute approximate surface area is 164 Å². The first-order chi connectivity index (χ1) is 13.5. The number of benzene rings is 2. The van der Waals surface area contributed by atoms with Crippen molar-refractivity contribution in [1.82, 2.24) is 14.9 Å². The summed E-state index contributed by atoms with van der Waals surface area (Å²) in [6.07, 6.45) is 6.12. The minimum absolute atomic E-state index is 0.189. The van der Waals surface area contributed by atoms with E-state index in [1.165, 1.54) is 12.1 Å². The fourth-order valence-electron chi connectivity index (χ4n) is 2.71. The molecule has 0 spiro atoms. The third kappa shape index (κ3) is 4.98. The summed E-state index contributed by atoms with van der Waals surface area (Å²) in [6, 6.07) is 13.0. The average molecular weight is 398 g/mol. The molecule has 0 bridgehead atoms. The first-order valence-electron chi connectivity index (χ1n) is 8.88. The van der Waals surface area contributed by atoms with E-state index in [0.717, 1.165) is 13.0 Å². The van der Waals surface area contributed by atoms with Gasteiger partial charge in [0.2, 0.25) is 0 Å². The number of aromatic nitrogens is 2. The number of sulfonamides is 1. The van der Waals surface area contributed by atoms with E-state index in [0.29, 0.717) is 23.4 Å². The molecular formula is C20H22N4O3S. The van der Waals surface area contributed by atoms with Crippen LogP contribution in [0, 0.1) is 6.92 Å². The molecule has 0 fully saturated rings. The molecule has 0 aliphatic heterocycles. The molecule has 1 aromatic heterocycles. The van der Waals surface area contributed by atoms with Gasteiger partial charge in [-0.15, -0.1) is 0 Å². The van der Waals surface area contributed by atoms with Gasteiger partial charge in [0.25, 0.3) is 15.9 Å². The summed E-state index contributed by atoms with van der Waals surface area (Å²) in [5.74, 6) is -0.189. The molecule has 0 saturated carbocycles. The van der Waals surface area contributed by atoms with Crippen LogP contribution in [-0.2, 0) is 16.6 Å². The van der Waals surface area contributed by atoms with Crippen molar-refractivity contribution < 1.29 is 13.2 Å². The highest BCUT2D eigenvalue weighted by molar-refractivity contribution is 7.92. The molecule has 1 amide bonds. The van der Waals surface area contributed by atoms with Crippen LogP contribution in [0.3, 0.4) is 0 Å². The van der Waals surface area contributed by atoms with Crippen LogP contribution in [0.5, 0.6) is 0 Å². The number of amides is 1. The lowest BCUT2D eigenvalue weighted by Crippen LogP contribution is -2.25. The summed E-state index contributed by atoms with van der Waals surface area (Å²) in [7, 11) is -3.67. The molecule has 0 saturated heterocycles. The number of carbonyl (C=O) groups is 1. The minimum Gasteiger partial charge on any atom is -0.352 e. The van der Waals surface area contributed by atoms with Gasteiger partial charge in [-0.3, -0.25) is 9.52 Å². The van der Waals surface area contributed by atoms with Crippen LogP contribution in [0.4, 0.5) is 5.69 Å². The summed E-state index contributed by atoms with van der Waals surface area (Å²) in [6.45, 7) is 3.08. The van der Waals surface area contributed by atoms with E-state index in [4.69, 9.17) is 0 Å². The molecule has 0 atom stereocenters. The summed E-state index contributed by atoms with van der Waals surface area (Å²) in [5, 5.41) is 2.87. The van der Waals surface area contributed by atoms with E-state index in [-0.39, 0.29) is 10.8 Å². The van der Waals surface area contributed by atoms with E-state index in [1.54, 1.807) is 55.8 Å². The Morgan fingerprint density at radius 1 is 1.14 bits per heavy atom. The van der Waals surface area contributed by atoms with Crippen molar-refractivity contribution >= 4 is 21.6 Å². The molecule has 7 nitrogen and oxygen atoms in total. The van der Waals surface area contributed by atoms with Gasteiger partial charge in [0.05, 0.1) is 16.9 Å². The second kappa shape index (κ2) is 8.71. The summed E-state index contributed by atoms with van der Waals surface area (Å²) in [4.78, 5) is 16.5. The molecule has 0 aliphatic rings. The maximum absolute atomic E-state index is 12.4. The number of hydrogen-bond donors (Lipinski definition) is 2. The number of rotatable bonds is 8. The highest BCUT2D eigenvalue weighted by Crippen LogP contribution is 2.21. The third-order valence-corrected chi connectivity index (χ3v) is 5.61. The van der Waals surface area contributed by atoms with Crippen LogP contribution < -0.4 is 10.0 Å². The number of anilines is 1. The van der Waals surface area contributed by atoms with Gasteiger partial charge in [-0.2, -0.15) is 0 Å². The quantitative estimate of drug-likeness (QED) is 0.571. The zero-order valence-electron chi connectivity index (χ0n) is 15.5. The normalized spacial score (nSPS) is 11.2. The fraction of sp³-hybridized carbons (Fsp3) is 0.200. The van der Waals surface area contributed by atoms with Crippen molar-refractivity contribution in [2.45, 2.75) is 24.8 Å². The second-order valence-electron chi connectivity index (χ2n) is 6.36. The number of nitrogens with one attached hydrogen (secondary N) is 2. The van der Waals surface area contributed by atoms with Gasteiger partial charge < -0.3 is 9.88 Å². The number of aryl methyl sites for hydroxylation is 2. The van der Waals surface area contributed by atoms with Crippen LogP contribution in [-0.4, -0.2) is 30.4 Å². The molecule has 146 valence electrons. The molecule has 0 aliphatic carbocycles. The molecule has 8 heteroatoms. The fourth-order valence-corrected chi connectivity index (χ4v) is 3.86. The standard InChI is InChI=1S/C20H22N4O3S/c1-16-14-17(20(25)22-10-5-12-24-13-11-21-15-24)8-9-19(16)23-28(26,27)18-6-3-2-4-7-18/h2-4,6-9,11,13-15,23H,5,10,12H2,1H3,(H,22,25). The Balaban J connectivity index is 1.59. The first-order valence-corrected chi connectivity index (χ1v) is 10.4. The summed E-state index contributed by atoms with van der Waals surface area (Å²) >= 11 is 0. The molecule has 2 aromatic carbocycles. The van der Waals surface area contributed by atoms with Gasteiger partial charge in [0.1, 0.15) is 0 Å². The Morgan fingerprint density at radius 3 is 2.61 bits per heavy atom. The second-order valence-corrected chi connectivity index (χ2v) is 8.04. The predicted octanol–water partition coefficient (Wildman–Crippen LogP) is 2.81. The zero-order chi connectivity index (χ0) is 20.0. The summed E-state index contributed by atoms with van der Waals surface area (Å²) in [5.41, 5.74) is 1.61. The zero-order valence-corrected chi connectivity index (χ0v) is 16.3. The van der Waals surface area contributed by atoms with Crippen LogP contribution in [0.1, 0.15) is 22.3 Å². The Hall–Kier alpha value is -3.13. The smallest absolute Gasteiger partial charge is 0.261 e. The Bertz CT molecular complexity index is 1030. The van der Waals surface area contributed by atoms with Crippen molar-refractivity contribution in [3.05, 3.63) is 78.4 Å². The molecular weight excluding hydrogens is 376 g/mol. The van der Waals surface area contributed by atoms with Crippen molar-refractivity contribution in [3.63, 3.8) is 0 Å². The monoisotopic (exact) mass is 398 g/mol. The van der Waals surface area contributed by atoms with E-state index in [2.05, 4.69) is 15.0 Å². The molecule has 2 N–H and O–H groups in total. The van der Waals surface area contributed by atoms with Gasteiger partial charge in [-0.05, 0) is 49.2 Å². The third-order valence-electron chi connectivity index (χ3n) is 4.22. The Kier molecular flexibility index (Phi) is 6.10. The first kappa shape index (κ1) is 19.6. The van der Waals surface area contributed by atoms with E-state index < -0.39 is 10.0 Å². The van der Waals surface area contributed by atoms with Crippen molar-refractivity contribution in [2.24, 2.45) is 0 Å². The number of imidazole rings is 1. The predicted molar refractivity (Wildman–Crippen MR) is 108 cm³/mol. The van der Waals surface area contributed by atoms with Crippen molar-refractivity contribution in [3.8, 4) is 0 Å². The lowest BCUT2D eigenvalue weighted by Gasteiger charge is -2.12. The van der Waals surface area contributed by atoms with E-state index in [9.17, 15) is 13.2 Å². The van der Waals surface area contributed by atoms with Crippen LogP contribution in [0.25, 0.3) is 0 Å². The van der Waals surface area contributed by atoms with E-state index in [1.807, 2.05) is 10.8 Å².